The molecule has 0 radical (unpaired) electrons. The molecule has 2 rings (SSSR count). The van der Waals surface area contributed by atoms with Crippen LogP contribution in [-0.2, 0) is 9.53 Å². The number of carbonyl (C=O) groups is 2. The van der Waals surface area contributed by atoms with Gasteiger partial charge in [-0.1, -0.05) is 11.6 Å². The zero-order chi connectivity index (χ0) is 16.1. The van der Waals surface area contributed by atoms with E-state index in [-0.39, 0.29) is 41.8 Å². The summed E-state index contributed by atoms with van der Waals surface area (Å²) in [6, 6.07) is 3.23. The molecule has 1 aliphatic rings. The van der Waals surface area contributed by atoms with Crippen LogP contribution in [0.1, 0.15) is 6.92 Å². The molecule has 0 aromatic heterocycles. The van der Waals surface area contributed by atoms with Gasteiger partial charge in [0.1, 0.15) is 18.2 Å². The molecule has 0 unspecified atom stereocenters. The van der Waals surface area contributed by atoms with Crippen LogP contribution in [0.4, 0.5) is 9.18 Å². The molecule has 0 atom stereocenters. The minimum atomic E-state index is -0.543. The number of ether oxygens (including phenoxy) is 2. The summed E-state index contributed by atoms with van der Waals surface area (Å²) in [5.74, 6) is -0.788. The third-order valence-corrected chi connectivity index (χ3v) is 3.14. The largest absolute Gasteiger partial charge is 0.486 e. The molecule has 2 amide bonds. The van der Waals surface area contributed by atoms with Gasteiger partial charge in [0.15, 0.2) is 0 Å². The van der Waals surface area contributed by atoms with Crippen LogP contribution in [0, 0.1) is 5.82 Å². The average Bonchev–Trinajstić information content (AvgIpc) is 2.46. The predicted octanol–water partition coefficient (Wildman–Crippen LogP) is 1.99. The summed E-state index contributed by atoms with van der Waals surface area (Å²) in [4.78, 5) is 23.2. The van der Waals surface area contributed by atoms with Gasteiger partial charge in [-0.3, -0.25) is 0 Å². The number of rotatable bonds is 5. The molecule has 0 spiro atoms. The summed E-state index contributed by atoms with van der Waals surface area (Å²) >= 11 is 5.85. The van der Waals surface area contributed by atoms with Crippen molar-refractivity contribution in [1.82, 2.24) is 10.6 Å². The number of urea groups is 1. The van der Waals surface area contributed by atoms with Gasteiger partial charge in [-0.15, -0.1) is 0 Å². The SMILES string of the molecule is CCOC(=O)C1=C(COc2ccc(F)cc2Cl)NC(=O)NC1. The van der Waals surface area contributed by atoms with Gasteiger partial charge in [0, 0.05) is 0 Å². The fourth-order valence-corrected chi connectivity index (χ4v) is 2.03. The first kappa shape index (κ1) is 16.1. The lowest BCUT2D eigenvalue weighted by atomic mass is 10.1. The van der Waals surface area contributed by atoms with Gasteiger partial charge in [0.25, 0.3) is 0 Å². The number of benzene rings is 1. The fraction of sp³-hybridized carbons (Fsp3) is 0.286. The fourth-order valence-electron chi connectivity index (χ4n) is 1.81. The predicted molar refractivity (Wildman–Crippen MR) is 77.1 cm³/mol. The summed E-state index contributed by atoms with van der Waals surface area (Å²) in [5, 5.41) is 5.07. The van der Waals surface area contributed by atoms with Crippen LogP contribution in [0.3, 0.4) is 0 Å². The quantitative estimate of drug-likeness (QED) is 0.810. The molecule has 1 aromatic rings. The Bertz CT molecular complexity index is 633. The Morgan fingerprint density at radius 3 is 2.91 bits per heavy atom. The van der Waals surface area contributed by atoms with Crippen LogP contribution in [0.15, 0.2) is 29.5 Å². The van der Waals surface area contributed by atoms with Crippen molar-refractivity contribution in [3.63, 3.8) is 0 Å². The van der Waals surface area contributed by atoms with Crippen molar-refractivity contribution < 1.29 is 23.5 Å². The summed E-state index contributed by atoms with van der Waals surface area (Å²) in [6.07, 6.45) is 0. The van der Waals surface area contributed by atoms with Gasteiger partial charge < -0.3 is 20.1 Å². The molecule has 0 saturated heterocycles. The molecule has 0 aliphatic carbocycles. The normalized spacial score (nSPS) is 14.2. The zero-order valence-electron chi connectivity index (χ0n) is 11.7. The van der Waals surface area contributed by atoms with Crippen molar-refractivity contribution in [3.8, 4) is 5.75 Å². The average molecular weight is 329 g/mol. The summed E-state index contributed by atoms with van der Waals surface area (Å²) in [7, 11) is 0. The Labute approximate surface area is 131 Å². The maximum absolute atomic E-state index is 13.0. The Balaban J connectivity index is 2.15. The number of hydrogen-bond acceptors (Lipinski definition) is 4. The zero-order valence-corrected chi connectivity index (χ0v) is 12.5. The lowest BCUT2D eigenvalue weighted by molar-refractivity contribution is -0.138. The second-order valence-corrected chi connectivity index (χ2v) is 4.76. The van der Waals surface area contributed by atoms with Crippen LogP contribution in [0.25, 0.3) is 0 Å². The molecular formula is C14H14ClFN2O4. The number of carbonyl (C=O) groups excluding carboxylic acids is 2. The van der Waals surface area contributed by atoms with Gasteiger partial charge in [0.05, 0.1) is 29.4 Å². The number of nitrogens with one attached hydrogen (secondary N) is 2. The van der Waals surface area contributed by atoms with E-state index in [1.807, 2.05) is 0 Å². The number of amides is 2. The monoisotopic (exact) mass is 328 g/mol. The van der Waals surface area contributed by atoms with Crippen molar-refractivity contribution in [1.29, 1.82) is 0 Å². The van der Waals surface area contributed by atoms with Gasteiger partial charge in [-0.2, -0.15) is 0 Å². The van der Waals surface area contributed by atoms with Crippen LogP contribution in [0.2, 0.25) is 5.02 Å². The molecule has 2 N–H and O–H groups in total. The van der Waals surface area contributed by atoms with E-state index in [9.17, 15) is 14.0 Å². The Kier molecular flexibility index (Phi) is 5.21. The van der Waals surface area contributed by atoms with Crippen molar-refractivity contribution in [2.24, 2.45) is 0 Å². The number of esters is 1. The van der Waals surface area contributed by atoms with E-state index in [0.29, 0.717) is 0 Å². The third-order valence-electron chi connectivity index (χ3n) is 2.84. The lowest BCUT2D eigenvalue weighted by Crippen LogP contribution is -2.45. The highest BCUT2D eigenvalue weighted by atomic mass is 35.5. The molecule has 118 valence electrons. The molecule has 1 aromatic carbocycles. The number of hydrogen-bond donors (Lipinski definition) is 2. The number of halogens is 2. The Morgan fingerprint density at radius 1 is 1.45 bits per heavy atom. The minimum absolute atomic E-state index is 0.0422. The first-order chi connectivity index (χ1) is 10.5. The second kappa shape index (κ2) is 7.13. The highest BCUT2D eigenvalue weighted by Gasteiger charge is 2.24. The standard InChI is InChI=1S/C14H14ClFN2O4/c1-2-21-13(19)9-6-17-14(20)18-11(9)7-22-12-4-3-8(16)5-10(12)15/h3-5H,2,6-7H2,1H3,(H2,17,18,20). The Morgan fingerprint density at radius 2 is 2.23 bits per heavy atom. The highest BCUT2D eigenvalue weighted by Crippen LogP contribution is 2.25. The van der Waals surface area contributed by atoms with E-state index in [1.54, 1.807) is 6.92 Å². The summed E-state index contributed by atoms with van der Waals surface area (Å²) < 4.78 is 23.3. The molecule has 22 heavy (non-hydrogen) atoms. The van der Waals surface area contributed by atoms with Crippen molar-refractivity contribution >= 4 is 23.6 Å². The summed E-state index contributed by atoms with van der Waals surface area (Å²) in [6.45, 7) is 1.84. The minimum Gasteiger partial charge on any atom is -0.486 e. The summed E-state index contributed by atoms with van der Waals surface area (Å²) in [5.41, 5.74) is 0.544. The first-order valence-corrected chi connectivity index (χ1v) is 6.91. The van der Waals surface area contributed by atoms with Crippen molar-refractivity contribution in [2.45, 2.75) is 6.92 Å². The van der Waals surface area contributed by atoms with Gasteiger partial charge in [-0.05, 0) is 25.1 Å². The third kappa shape index (κ3) is 3.88. The van der Waals surface area contributed by atoms with E-state index >= 15 is 0 Å². The van der Waals surface area contributed by atoms with E-state index in [1.165, 1.54) is 12.1 Å². The molecule has 8 heteroatoms. The van der Waals surface area contributed by atoms with Gasteiger partial charge >= 0.3 is 12.0 Å². The maximum Gasteiger partial charge on any atom is 0.337 e. The van der Waals surface area contributed by atoms with Crippen LogP contribution in [0.5, 0.6) is 5.75 Å². The molecule has 1 heterocycles. The van der Waals surface area contributed by atoms with E-state index in [2.05, 4.69) is 10.6 Å². The van der Waals surface area contributed by atoms with Crippen LogP contribution < -0.4 is 15.4 Å². The smallest absolute Gasteiger partial charge is 0.337 e. The highest BCUT2D eigenvalue weighted by molar-refractivity contribution is 6.32. The van der Waals surface area contributed by atoms with E-state index in [4.69, 9.17) is 21.1 Å². The van der Waals surface area contributed by atoms with Crippen LogP contribution >= 0.6 is 11.6 Å². The van der Waals surface area contributed by atoms with E-state index in [0.717, 1.165) is 6.07 Å². The molecule has 1 aliphatic heterocycles. The van der Waals surface area contributed by atoms with Crippen molar-refractivity contribution in [2.75, 3.05) is 19.8 Å². The first-order valence-electron chi connectivity index (χ1n) is 6.53. The van der Waals surface area contributed by atoms with Crippen LogP contribution in [-0.4, -0.2) is 31.8 Å². The molecule has 0 bridgehead atoms. The topological polar surface area (TPSA) is 76.7 Å². The Hall–Kier alpha value is -2.28. The van der Waals surface area contributed by atoms with E-state index < -0.39 is 17.8 Å². The molecular weight excluding hydrogens is 315 g/mol. The molecule has 0 fully saturated rings. The lowest BCUT2D eigenvalue weighted by Gasteiger charge is -2.21. The molecule has 6 nitrogen and oxygen atoms in total. The van der Waals surface area contributed by atoms with Crippen molar-refractivity contribution in [3.05, 3.63) is 40.3 Å². The van der Waals surface area contributed by atoms with Gasteiger partial charge in [-0.25, -0.2) is 14.0 Å². The maximum atomic E-state index is 13.0. The van der Waals surface area contributed by atoms with Gasteiger partial charge in [0.2, 0.25) is 0 Å². The molecule has 0 saturated carbocycles. The second-order valence-electron chi connectivity index (χ2n) is 4.35.